The van der Waals surface area contributed by atoms with Gasteiger partial charge in [-0.25, -0.2) is 9.37 Å². The van der Waals surface area contributed by atoms with E-state index < -0.39 is 47.0 Å². The summed E-state index contributed by atoms with van der Waals surface area (Å²) < 4.78 is 20.9. The molecule has 2 aromatic rings. The van der Waals surface area contributed by atoms with Gasteiger partial charge in [0, 0.05) is 31.1 Å². The normalized spacial score (nSPS) is 21.2. The number of aromatic nitrogens is 1. The van der Waals surface area contributed by atoms with Crippen LogP contribution in [0.1, 0.15) is 103 Å². The molecule has 11 nitrogen and oxygen atoms in total. The zero-order valence-electron chi connectivity index (χ0n) is 31.4. The van der Waals surface area contributed by atoms with Gasteiger partial charge in [0.15, 0.2) is 5.67 Å². The number of β-amino-alcohol motifs (C(OH)–C–C–N with tert-alkyl or cyclic N) is 1. The Bertz CT molecular complexity index is 1520. The first kappa shape index (κ1) is 40.1. The molecule has 3 aliphatic rings. The highest BCUT2D eigenvalue weighted by atomic mass is 32.1. The van der Waals surface area contributed by atoms with Gasteiger partial charge in [-0.2, -0.15) is 0 Å². The summed E-state index contributed by atoms with van der Waals surface area (Å²) in [5, 5.41) is 16.1. The van der Waals surface area contributed by atoms with E-state index in [2.05, 4.69) is 20.5 Å². The number of nitrogens with zero attached hydrogens (tertiary/aromatic N) is 3. The molecule has 1 aromatic heterocycles. The average Bonchev–Trinajstić information content (AvgIpc) is 3.51. The van der Waals surface area contributed by atoms with Crippen LogP contribution in [0.2, 0.25) is 0 Å². The maximum atomic E-state index is 14.5. The Kier molecular flexibility index (Phi) is 13.7. The summed E-state index contributed by atoms with van der Waals surface area (Å²) in [7, 11) is 0. The molecule has 52 heavy (non-hydrogen) atoms. The van der Waals surface area contributed by atoms with E-state index in [4.69, 9.17) is 10.5 Å². The number of benzene rings is 1. The van der Waals surface area contributed by atoms with E-state index in [1.165, 1.54) is 24.2 Å². The zero-order valence-corrected chi connectivity index (χ0v) is 32.2. The molecule has 0 bridgehead atoms. The number of hydrogen-bond acceptors (Lipinski definition) is 9. The number of aryl methyl sites for hydroxylation is 1. The molecule has 2 aliphatic heterocycles. The van der Waals surface area contributed by atoms with E-state index in [1.807, 2.05) is 30.6 Å². The minimum absolute atomic E-state index is 0.0506. The van der Waals surface area contributed by atoms with Crippen LogP contribution >= 0.6 is 11.3 Å². The van der Waals surface area contributed by atoms with Crippen LogP contribution in [0.4, 0.5) is 4.39 Å². The van der Waals surface area contributed by atoms with Crippen molar-refractivity contribution < 1.29 is 28.6 Å². The minimum Gasteiger partial charge on any atom is -0.493 e. The summed E-state index contributed by atoms with van der Waals surface area (Å²) in [6, 6.07) is 4.32. The number of unbranched alkanes of at least 4 members (excludes halogenated alkanes) is 5. The summed E-state index contributed by atoms with van der Waals surface area (Å²) >= 11 is 1.56. The van der Waals surface area contributed by atoms with Gasteiger partial charge in [0.1, 0.15) is 17.8 Å². The molecular weight excluding hydrogens is 684 g/mol. The van der Waals surface area contributed by atoms with E-state index in [9.17, 15) is 23.9 Å². The molecule has 3 amide bonds. The van der Waals surface area contributed by atoms with Crippen LogP contribution in [-0.2, 0) is 20.9 Å². The summed E-state index contributed by atoms with van der Waals surface area (Å²) in [4.78, 5) is 49.4. The highest BCUT2D eigenvalue weighted by Crippen LogP contribution is 2.40. The molecule has 1 aliphatic carbocycles. The first-order chi connectivity index (χ1) is 24.7. The number of carbonyl (C=O) groups is 3. The minimum atomic E-state index is -1.94. The van der Waals surface area contributed by atoms with Gasteiger partial charge in [-0.3, -0.25) is 14.4 Å². The number of halogens is 1. The van der Waals surface area contributed by atoms with Crippen molar-refractivity contribution in [3.05, 3.63) is 35.0 Å². The largest absolute Gasteiger partial charge is 0.493 e. The van der Waals surface area contributed by atoms with Gasteiger partial charge in [-0.05, 0) is 82.1 Å². The molecule has 5 N–H and O–H groups in total. The third-order valence-corrected chi connectivity index (χ3v) is 11.6. The fourth-order valence-electron chi connectivity index (χ4n) is 7.08. The van der Waals surface area contributed by atoms with Crippen molar-refractivity contribution in [2.75, 3.05) is 32.8 Å². The third kappa shape index (κ3) is 10.7. The van der Waals surface area contributed by atoms with Gasteiger partial charge in [0.25, 0.3) is 5.91 Å². The number of hydrogen-bond donors (Lipinski definition) is 4. The van der Waals surface area contributed by atoms with Crippen molar-refractivity contribution in [1.29, 1.82) is 0 Å². The Balaban J connectivity index is 1.15. The molecule has 1 aromatic carbocycles. The van der Waals surface area contributed by atoms with Gasteiger partial charge >= 0.3 is 0 Å². The number of piperidine rings is 1. The fraction of sp³-hybridized carbons (Fsp3) is 0.692. The average molecular weight is 743 g/mol. The van der Waals surface area contributed by atoms with Crippen molar-refractivity contribution >= 4 is 29.1 Å². The summed E-state index contributed by atoms with van der Waals surface area (Å²) in [5.74, 6) is -1.05. The predicted octanol–water partition coefficient (Wildman–Crippen LogP) is 4.87. The number of ether oxygens (including phenoxy) is 1. The number of nitrogens with two attached hydrogens (primary N) is 1. The number of carbonyl (C=O) groups excluding carboxylic acids is 3. The summed E-state index contributed by atoms with van der Waals surface area (Å²) in [6.07, 6.45) is 8.46. The van der Waals surface area contributed by atoms with Crippen molar-refractivity contribution in [3.8, 4) is 16.2 Å². The number of amides is 3. The molecule has 3 fully saturated rings. The predicted molar refractivity (Wildman–Crippen MR) is 202 cm³/mol. The second kappa shape index (κ2) is 17.8. The Hall–Kier alpha value is -3.13. The van der Waals surface area contributed by atoms with Crippen LogP contribution in [-0.4, -0.2) is 100 Å². The molecule has 0 unspecified atom stereocenters. The molecule has 0 spiro atoms. The van der Waals surface area contributed by atoms with Gasteiger partial charge in [-0.15, -0.1) is 11.3 Å². The SMILES string of the molecule is Cc1ncsc1-c1ccc(CNC(=O)[C@@H]2C[C@@H](O)CN2C(=O)[C@@H](NC(=O)C2(F)CC2)C(C)(C)C)c(OCCCCCCCCN2CCC(N)CC2)c1. The highest BCUT2D eigenvalue weighted by molar-refractivity contribution is 7.13. The Labute approximate surface area is 312 Å². The maximum Gasteiger partial charge on any atom is 0.258 e. The summed E-state index contributed by atoms with van der Waals surface area (Å²) in [6.45, 7) is 11.4. The van der Waals surface area contributed by atoms with Crippen molar-refractivity contribution in [3.63, 3.8) is 0 Å². The lowest BCUT2D eigenvalue weighted by molar-refractivity contribution is -0.145. The van der Waals surface area contributed by atoms with Crippen LogP contribution in [0.3, 0.4) is 0 Å². The van der Waals surface area contributed by atoms with Crippen LogP contribution < -0.4 is 21.1 Å². The lowest BCUT2D eigenvalue weighted by atomic mass is 9.85. The quantitative estimate of drug-likeness (QED) is 0.168. The van der Waals surface area contributed by atoms with E-state index in [-0.39, 0.29) is 32.4 Å². The standard InChI is InChI=1S/C39H59FN6O5S/c1-26-33(52-25-43-26)27-11-12-28(32(21-27)51-20-10-8-6-5-7-9-17-45-18-13-29(41)14-19-45)23-42-35(48)31-22-30(47)24-46(31)36(49)34(38(2,3)4)44-37(50)39(40)15-16-39/h11-12,21,25,29-31,34,47H,5-10,13-20,22-24,41H2,1-4H3,(H,42,48)(H,44,50)/t30-,31+,34-/m1/s1. The lowest BCUT2D eigenvalue weighted by Crippen LogP contribution is -2.59. The number of aliphatic hydroxyl groups excluding tert-OH is 1. The molecule has 5 rings (SSSR count). The van der Waals surface area contributed by atoms with E-state index in [0.717, 1.165) is 73.4 Å². The Morgan fingerprint density at radius 3 is 2.46 bits per heavy atom. The van der Waals surface area contributed by atoms with Crippen molar-refractivity contribution in [1.82, 2.24) is 25.4 Å². The van der Waals surface area contributed by atoms with Crippen LogP contribution in [0.5, 0.6) is 5.75 Å². The molecule has 2 saturated heterocycles. The van der Waals surface area contributed by atoms with Gasteiger partial charge in [-0.1, -0.05) is 58.6 Å². The van der Waals surface area contributed by atoms with E-state index >= 15 is 0 Å². The molecule has 1 saturated carbocycles. The zero-order chi connectivity index (χ0) is 37.5. The number of aliphatic hydroxyl groups is 1. The second-order valence-corrected chi connectivity index (χ2v) is 16.9. The molecule has 3 heterocycles. The van der Waals surface area contributed by atoms with E-state index in [0.29, 0.717) is 18.4 Å². The topological polar surface area (TPSA) is 150 Å². The molecule has 3 atom stereocenters. The molecule has 13 heteroatoms. The third-order valence-electron chi connectivity index (χ3n) is 10.6. The lowest BCUT2D eigenvalue weighted by Gasteiger charge is -2.35. The number of likely N-dealkylation sites (tertiary alicyclic amines) is 2. The number of rotatable bonds is 17. The molecular formula is C39H59FN6O5S. The van der Waals surface area contributed by atoms with Gasteiger partial charge in [0.2, 0.25) is 11.8 Å². The van der Waals surface area contributed by atoms with Crippen LogP contribution in [0.15, 0.2) is 23.7 Å². The van der Waals surface area contributed by atoms with Crippen molar-refractivity contribution in [2.24, 2.45) is 11.1 Å². The second-order valence-electron chi connectivity index (χ2n) is 16.1. The molecule has 288 valence electrons. The number of alkyl halides is 1. The monoisotopic (exact) mass is 742 g/mol. The first-order valence-electron chi connectivity index (χ1n) is 19.2. The number of thiazole rings is 1. The highest BCUT2D eigenvalue weighted by Gasteiger charge is 2.53. The summed E-state index contributed by atoms with van der Waals surface area (Å²) in [5.41, 5.74) is 7.89. The van der Waals surface area contributed by atoms with E-state index in [1.54, 1.807) is 32.1 Å². The Morgan fingerprint density at radius 2 is 1.81 bits per heavy atom. The van der Waals surface area contributed by atoms with Crippen LogP contribution in [0, 0.1) is 12.3 Å². The fourth-order valence-corrected chi connectivity index (χ4v) is 7.88. The van der Waals surface area contributed by atoms with Crippen molar-refractivity contribution in [2.45, 2.75) is 135 Å². The van der Waals surface area contributed by atoms with Gasteiger partial charge in [0.05, 0.1) is 28.8 Å². The maximum absolute atomic E-state index is 14.5. The Morgan fingerprint density at radius 1 is 1.12 bits per heavy atom. The van der Waals surface area contributed by atoms with Crippen LogP contribution in [0.25, 0.3) is 10.4 Å². The number of nitrogens with one attached hydrogen (secondary N) is 2. The van der Waals surface area contributed by atoms with Gasteiger partial charge < -0.3 is 36.0 Å². The molecule has 0 radical (unpaired) electrons. The smallest absolute Gasteiger partial charge is 0.258 e. The first-order valence-corrected chi connectivity index (χ1v) is 20.0.